The minimum atomic E-state index is -3.98. The van der Waals surface area contributed by atoms with Crippen LogP contribution in [0.2, 0.25) is 0 Å². The molecule has 0 heterocycles. The first-order valence-electron chi connectivity index (χ1n) is 5.97. The SMILES string of the molecule is Nc1cccc(CNS(=O)(=O)c2ccccc2[N+](=O)[O-])c1. The van der Waals surface area contributed by atoms with Crippen LogP contribution >= 0.6 is 0 Å². The molecule has 0 saturated heterocycles. The van der Waals surface area contributed by atoms with Crippen molar-refractivity contribution in [1.29, 1.82) is 0 Å². The Balaban J connectivity index is 2.25. The van der Waals surface area contributed by atoms with Crippen molar-refractivity contribution in [3.8, 4) is 0 Å². The van der Waals surface area contributed by atoms with Crippen LogP contribution in [0.3, 0.4) is 0 Å². The number of benzene rings is 2. The van der Waals surface area contributed by atoms with Gasteiger partial charge in [-0.1, -0.05) is 24.3 Å². The predicted octanol–water partition coefficient (Wildman–Crippen LogP) is 1.66. The van der Waals surface area contributed by atoms with Gasteiger partial charge in [-0.2, -0.15) is 0 Å². The van der Waals surface area contributed by atoms with Gasteiger partial charge in [0.05, 0.1) is 4.92 Å². The molecule has 0 atom stereocenters. The first-order chi connectivity index (χ1) is 9.90. The Morgan fingerprint density at radius 2 is 1.86 bits per heavy atom. The smallest absolute Gasteiger partial charge is 0.289 e. The first-order valence-corrected chi connectivity index (χ1v) is 7.46. The van der Waals surface area contributed by atoms with Crippen molar-refractivity contribution in [3.05, 3.63) is 64.2 Å². The molecule has 0 radical (unpaired) electrons. The number of nitro groups is 1. The molecule has 2 aromatic carbocycles. The highest BCUT2D eigenvalue weighted by molar-refractivity contribution is 7.89. The Kier molecular flexibility index (Phi) is 4.20. The molecule has 0 aliphatic heterocycles. The van der Waals surface area contributed by atoms with Crippen LogP contribution in [0.1, 0.15) is 5.56 Å². The summed E-state index contributed by atoms with van der Waals surface area (Å²) in [4.78, 5) is 9.79. The number of para-hydroxylation sites is 1. The van der Waals surface area contributed by atoms with Gasteiger partial charge in [0.25, 0.3) is 5.69 Å². The normalized spacial score (nSPS) is 11.2. The molecule has 0 bridgehead atoms. The average Bonchev–Trinajstić information content (AvgIpc) is 2.45. The maximum atomic E-state index is 12.2. The number of nitro benzene ring substituents is 1. The molecule has 0 spiro atoms. The Bertz CT molecular complexity index is 774. The predicted molar refractivity (Wildman–Crippen MR) is 78.0 cm³/mol. The summed E-state index contributed by atoms with van der Waals surface area (Å²) in [5, 5.41) is 10.9. The Morgan fingerprint density at radius 3 is 2.52 bits per heavy atom. The molecule has 0 saturated carbocycles. The number of nitrogens with two attached hydrogens (primary N) is 1. The van der Waals surface area contributed by atoms with Crippen LogP contribution in [0.5, 0.6) is 0 Å². The van der Waals surface area contributed by atoms with E-state index in [4.69, 9.17) is 5.73 Å². The van der Waals surface area contributed by atoms with Gasteiger partial charge in [-0.25, -0.2) is 13.1 Å². The molecule has 110 valence electrons. The molecule has 3 N–H and O–H groups in total. The van der Waals surface area contributed by atoms with Crippen LogP contribution in [-0.2, 0) is 16.6 Å². The van der Waals surface area contributed by atoms with Crippen LogP contribution in [0.4, 0.5) is 11.4 Å². The molecule has 0 unspecified atom stereocenters. The fraction of sp³-hybridized carbons (Fsp3) is 0.0769. The van der Waals surface area contributed by atoms with E-state index in [1.54, 1.807) is 24.3 Å². The molecule has 7 nitrogen and oxygen atoms in total. The standard InChI is InChI=1S/C13H13N3O4S/c14-11-5-3-4-10(8-11)9-15-21(19,20)13-7-2-1-6-12(13)16(17)18/h1-8,15H,9,14H2. The quantitative estimate of drug-likeness (QED) is 0.495. The van der Waals surface area contributed by atoms with E-state index in [1.807, 2.05) is 0 Å². The van der Waals surface area contributed by atoms with E-state index in [-0.39, 0.29) is 11.4 Å². The van der Waals surface area contributed by atoms with Crippen molar-refractivity contribution in [1.82, 2.24) is 4.72 Å². The van der Waals surface area contributed by atoms with Gasteiger partial charge in [-0.3, -0.25) is 10.1 Å². The van der Waals surface area contributed by atoms with E-state index in [1.165, 1.54) is 18.2 Å². The summed E-state index contributed by atoms with van der Waals surface area (Å²) in [6.45, 7) is -0.000574. The Hall–Kier alpha value is -2.45. The van der Waals surface area contributed by atoms with Gasteiger partial charge in [0, 0.05) is 18.3 Å². The summed E-state index contributed by atoms with van der Waals surface area (Å²) >= 11 is 0. The number of nitrogens with zero attached hydrogens (tertiary/aromatic N) is 1. The maximum Gasteiger partial charge on any atom is 0.289 e. The number of hydrogen-bond donors (Lipinski definition) is 2. The summed E-state index contributed by atoms with van der Waals surface area (Å²) in [7, 11) is -3.98. The molecule has 0 fully saturated rings. The van der Waals surface area contributed by atoms with Crippen molar-refractivity contribution >= 4 is 21.4 Å². The van der Waals surface area contributed by atoms with Crippen LogP contribution in [0, 0.1) is 10.1 Å². The lowest BCUT2D eigenvalue weighted by molar-refractivity contribution is -0.387. The highest BCUT2D eigenvalue weighted by Crippen LogP contribution is 2.22. The molecular weight excluding hydrogens is 294 g/mol. The van der Waals surface area contributed by atoms with E-state index < -0.39 is 20.6 Å². The van der Waals surface area contributed by atoms with Crippen LogP contribution in [0.25, 0.3) is 0 Å². The number of rotatable bonds is 5. The minimum absolute atomic E-state index is 0.000574. The molecule has 0 aliphatic rings. The van der Waals surface area contributed by atoms with Crippen LogP contribution in [-0.4, -0.2) is 13.3 Å². The Morgan fingerprint density at radius 1 is 1.14 bits per heavy atom. The zero-order valence-electron chi connectivity index (χ0n) is 10.9. The van der Waals surface area contributed by atoms with Crippen molar-refractivity contribution < 1.29 is 13.3 Å². The van der Waals surface area contributed by atoms with E-state index in [0.717, 1.165) is 6.07 Å². The number of sulfonamides is 1. The summed E-state index contributed by atoms with van der Waals surface area (Å²) in [6, 6.07) is 11.9. The summed E-state index contributed by atoms with van der Waals surface area (Å²) < 4.78 is 26.7. The zero-order chi connectivity index (χ0) is 15.5. The molecule has 2 rings (SSSR count). The minimum Gasteiger partial charge on any atom is -0.399 e. The van der Waals surface area contributed by atoms with E-state index in [2.05, 4.69) is 4.72 Å². The summed E-state index contributed by atoms with van der Waals surface area (Å²) in [5.74, 6) is 0. The molecule has 8 heteroatoms. The van der Waals surface area contributed by atoms with Gasteiger partial charge >= 0.3 is 0 Å². The van der Waals surface area contributed by atoms with Gasteiger partial charge in [0.1, 0.15) is 0 Å². The van der Waals surface area contributed by atoms with Crippen molar-refractivity contribution in [2.75, 3.05) is 5.73 Å². The van der Waals surface area contributed by atoms with E-state index in [0.29, 0.717) is 11.3 Å². The van der Waals surface area contributed by atoms with Crippen LogP contribution < -0.4 is 10.5 Å². The highest BCUT2D eigenvalue weighted by atomic mass is 32.2. The van der Waals surface area contributed by atoms with E-state index >= 15 is 0 Å². The topological polar surface area (TPSA) is 115 Å². The molecular formula is C13H13N3O4S. The maximum absolute atomic E-state index is 12.2. The summed E-state index contributed by atoms with van der Waals surface area (Å²) in [6.07, 6.45) is 0. The molecule has 0 aliphatic carbocycles. The molecule has 21 heavy (non-hydrogen) atoms. The largest absolute Gasteiger partial charge is 0.399 e. The van der Waals surface area contributed by atoms with Gasteiger partial charge in [-0.05, 0) is 23.8 Å². The van der Waals surface area contributed by atoms with Gasteiger partial charge in [0.2, 0.25) is 10.0 Å². The van der Waals surface area contributed by atoms with Gasteiger partial charge < -0.3 is 5.73 Å². The lowest BCUT2D eigenvalue weighted by atomic mass is 10.2. The average molecular weight is 307 g/mol. The highest BCUT2D eigenvalue weighted by Gasteiger charge is 2.24. The van der Waals surface area contributed by atoms with E-state index in [9.17, 15) is 18.5 Å². The van der Waals surface area contributed by atoms with Crippen molar-refractivity contribution in [2.45, 2.75) is 11.4 Å². The number of anilines is 1. The second kappa shape index (κ2) is 5.90. The molecule has 0 amide bonds. The lowest BCUT2D eigenvalue weighted by Gasteiger charge is -2.07. The van der Waals surface area contributed by atoms with Gasteiger partial charge in [0.15, 0.2) is 4.90 Å². The number of hydrogen-bond acceptors (Lipinski definition) is 5. The van der Waals surface area contributed by atoms with Crippen molar-refractivity contribution in [3.63, 3.8) is 0 Å². The van der Waals surface area contributed by atoms with Crippen LogP contribution in [0.15, 0.2) is 53.4 Å². The third kappa shape index (κ3) is 3.56. The van der Waals surface area contributed by atoms with Crippen molar-refractivity contribution in [2.24, 2.45) is 0 Å². The number of nitrogens with one attached hydrogen (secondary N) is 1. The van der Waals surface area contributed by atoms with Gasteiger partial charge in [-0.15, -0.1) is 0 Å². The fourth-order valence-corrected chi connectivity index (χ4v) is 2.98. The Labute approximate surface area is 121 Å². The lowest BCUT2D eigenvalue weighted by Crippen LogP contribution is -2.24. The first kappa shape index (κ1) is 14.9. The third-order valence-corrected chi connectivity index (χ3v) is 4.22. The monoisotopic (exact) mass is 307 g/mol. The second-order valence-corrected chi connectivity index (χ2v) is 6.03. The zero-order valence-corrected chi connectivity index (χ0v) is 11.7. The molecule has 0 aromatic heterocycles. The third-order valence-electron chi connectivity index (χ3n) is 2.77. The second-order valence-electron chi connectivity index (χ2n) is 4.29. The summed E-state index contributed by atoms with van der Waals surface area (Å²) in [5.41, 5.74) is 6.32. The number of nitrogen functional groups attached to an aromatic ring is 1. The molecule has 2 aromatic rings. The fourth-order valence-electron chi connectivity index (χ4n) is 1.79.